The second-order valence-electron chi connectivity index (χ2n) is 4.31. The van der Waals surface area contributed by atoms with Crippen LogP contribution < -0.4 is 10.6 Å². The number of hydrogen-bond donors (Lipinski definition) is 2. The lowest BCUT2D eigenvalue weighted by Gasteiger charge is -2.27. The molecule has 1 heterocycles. The van der Waals surface area contributed by atoms with Crippen LogP contribution >= 0.6 is 0 Å². The monoisotopic (exact) mass is 274 g/mol. The van der Waals surface area contributed by atoms with E-state index in [4.69, 9.17) is 9.47 Å². The fraction of sp³-hybridized carbons (Fsp3) is 0.867. The van der Waals surface area contributed by atoms with Gasteiger partial charge in [-0.1, -0.05) is 27.7 Å². The first-order chi connectivity index (χ1) is 9.03. The molecule has 2 N–H and O–H groups in total. The van der Waals surface area contributed by atoms with Crippen LogP contribution in [0.4, 0.5) is 0 Å². The molecule has 1 atom stereocenters. The van der Waals surface area contributed by atoms with Crippen molar-refractivity contribution in [3.8, 4) is 0 Å². The SMILES string of the molecule is CC.CC.COC(C)(C)OCCC1CNC(C)=CN1. The average Bonchev–Trinajstić information content (AvgIpc) is 2.45. The summed E-state index contributed by atoms with van der Waals surface area (Å²) in [6.07, 6.45) is 2.99. The molecular weight excluding hydrogens is 240 g/mol. The van der Waals surface area contributed by atoms with Gasteiger partial charge < -0.3 is 20.1 Å². The molecular formula is C15H34N2O2. The van der Waals surface area contributed by atoms with Gasteiger partial charge in [-0.2, -0.15) is 0 Å². The van der Waals surface area contributed by atoms with E-state index in [1.165, 1.54) is 5.70 Å². The second-order valence-corrected chi connectivity index (χ2v) is 4.31. The van der Waals surface area contributed by atoms with Gasteiger partial charge in [0, 0.05) is 31.6 Å². The average molecular weight is 274 g/mol. The summed E-state index contributed by atoms with van der Waals surface area (Å²) in [5.41, 5.74) is 1.18. The van der Waals surface area contributed by atoms with Gasteiger partial charge in [-0.25, -0.2) is 0 Å². The molecule has 0 fully saturated rings. The van der Waals surface area contributed by atoms with Crippen LogP contribution in [0.15, 0.2) is 11.9 Å². The molecule has 4 nitrogen and oxygen atoms in total. The van der Waals surface area contributed by atoms with E-state index in [-0.39, 0.29) is 0 Å². The van der Waals surface area contributed by atoms with E-state index in [1.807, 2.05) is 54.7 Å². The quantitative estimate of drug-likeness (QED) is 0.755. The van der Waals surface area contributed by atoms with Crippen LogP contribution in [0.3, 0.4) is 0 Å². The Balaban J connectivity index is 0. The zero-order valence-electron chi connectivity index (χ0n) is 14.1. The summed E-state index contributed by atoms with van der Waals surface area (Å²) in [6, 6.07) is 0.446. The normalized spacial score (nSPS) is 17.7. The predicted octanol–water partition coefficient (Wildman–Crippen LogP) is 3.25. The minimum absolute atomic E-state index is 0.446. The van der Waals surface area contributed by atoms with Gasteiger partial charge in [0.05, 0.1) is 6.61 Å². The molecule has 1 aliphatic heterocycles. The first-order valence-corrected chi connectivity index (χ1v) is 7.39. The summed E-state index contributed by atoms with van der Waals surface area (Å²) in [4.78, 5) is 0. The van der Waals surface area contributed by atoms with Crippen molar-refractivity contribution in [1.29, 1.82) is 0 Å². The highest BCUT2D eigenvalue weighted by atomic mass is 16.7. The topological polar surface area (TPSA) is 42.5 Å². The molecule has 0 aromatic carbocycles. The molecule has 4 heteroatoms. The van der Waals surface area contributed by atoms with Gasteiger partial charge in [0.1, 0.15) is 0 Å². The molecule has 1 rings (SSSR count). The van der Waals surface area contributed by atoms with E-state index in [9.17, 15) is 0 Å². The van der Waals surface area contributed by atoms with Crippen LogP contribution in [0.25, 0.3) is 0 Å². The van der Waals surface area contributed by atoms with E-state index >= 15 is 0 Å². The molecule has 0 spiro atoms. The maximum Gasteiger partial charge on any atom is 0.162 e. The van der Waals surface area contributed by atoms with Crippen LogP contribution in [0.1, 0.15) is 54.9 Å². The van der Waals surface area contributed by atoms with Crippen molar-refractivity contribution in [2.24, 2.45) is 0 Å². The first kappa shape index (κ1) is 20.6. The lowest BCUT2D eigenvalue weighted by atomic mass is 10.2. The molecule has 0 aromatic rings. The smallest absolute Gasteiger partial charge is 0.162 e. The summed E-state index contributed by atoms with van der Waals surface area (Å²) in [7, 11) is 1.66. The highest BCUT2D eigenvalue weighted by Crippen LogP contribution is 2.10. The van der Waals surface area contributed by atoms with Gasteiger partial charge in [-0.05, 0) is 27.2 Å². The van der Waals surface area contributed by atoms with Crippen molar-refractivity contribution in [1.82, 2.24) is 10.6 Å². The lowest BCUT2D eigenvalue weighted by Crippen LogP contribution is -2.41. The molecule has 0 amide bonds. The summed E-state index contributed by atoms with van der Waals surface area (Å²) >= 11 is 0. The number of nitrogens with one attached hydrogen (secondary N) is 2. The van der Waals surface area contributed by atoms with Crippen LogP contribution in [-0.4, -0.2) is 32.1 Å². The summed E-state index contributed by atoms with van der Waals surface area (Å²) in [5, 5.41) is 6.63. The molecule has 116 valence electrons. The van der Waals surface area contributed by atoms with Gasteiger partial charge >= 0.3 is 0 Å². The van der Waals surface area contributed by atoms with Crippen molar-refractivity contribution in [2.45, 2.75) is 66.7 Å². The van der Waals surface area contributed by atoms with Gasteiger partial charge in [-0.3, -0.25) is 0 Å². The Hall–Kier alpha value is -0.740. The zero-order chi connectivity index (χ0) is 15.3. The van der Waals surface area contributed by atoms with E-state index in [1.54, 1.807) is 7.11 Å². The first-order valence-electron chi connectivity index (χ1n) is 7.39. The Bertz CT molecular complexity index is 228. The highest BCUT2D eigenvalue weighted by molar-refractivity contribution is 5.00. The number of hydrogen-bond acceptors (Lipinski definition) is 4. The lowest BCUT2D eigenvalue weighted by molar-refractivity contribution is -0.198. The Morgan fingerprint density at radius 1 is 1.26 bits per heavy atom. The molecule has 0 radical (unpaired) electrons. The maximum atomic E-state index is 5.60. The van der Waals surface area contributed by atoms with E-state index in [0.717, 1.165) is 13.0 Å². The maximum absolute atomic E-state index is 5.60. The predicted molar refractivity (Wildman–Crippen MR) is 83.0 cm³/mol. The number of rotatable bonds is 5. The van der Waals surface area contributed by atoms with Crippen LogP contribution in [0, 0.1) is 0 Å². The molecule has 0 bridgehead atoms. The number of methoxy groups -OCH3 is 1. The van der Waals surface area contributed by atoms with E-state index in [0.29, 0.717) is 12.6 Å². The van der Waals surface area contributed by atoms with Crippen molar-refractivity contribution in [2.75, 3.05) is 20.3 Å². The fourth-order valence-electron chi connectivity index (χ4n) is 1.33. The van der Waals surface area contributed by atoms with Crippen molar-refractivity contribution in [3.05, 3.63) is 11.9 Å². The minimum Gasteiger partial charge on any atom is -0.385 e. The zero-order valence-corrected chi connectivity index (χ0v) is 14.1. The summed E-state index contributed by atoms with van der Waals surface area (Å²) in [5.74, 6) is -0.478. The molecule has 0 aromatic heterocycles. The van der Waals surface area contributed by atoms with Gasteiger partial charge in [0.25, 0.3) is 0 Å². The Morgan fingerprint density at radius 2 is 1.84 bits per heavy atom. The summed E-state index contributed by atoms with van der Waals surface area (Å²) in [6.45, 7) is 15.5. The molecule has 0 saturated carbocycles. The molecule has 0 saturated heterocycles. The second kappa shape index (κ2) is 12.3. The molecule has 19 heavy (non-hydrogen) atoms. The van der Waals surface area contributed by atoms with E-state index < -0.39 is 5.79 Å². The van der Waals surface area contributed by atoms with Crippen molar-refractivity contribution >= 4 is 0 Å². The van der Waals surface area contributed by atoms with Crippen molar-refractivity contribution in [3.63, 3.8) is 0 Å². The van der Waals surface area contributed by atoms with Gasteiger partial charge in [0.15, 0.2) is 5.79 Å². The third-order valence-corrected chi connectivity index (χ3v) is 2.57. The Labute approximate surface area is 119 Å². The Kier molecular flexibility index (Phi) is 13.3. The van der Waals surface area contributed by atoms with Gasteiger partial charge in [0.2, 0.25) is 0 Å². The number of allylic oxidation sites excluding steroid dienone is 1. The number of ether oxygens (including phenoxy) is 2. The van der Waals surface area contributed by atoms with Crippen LogP contribution in [0.2, 0.25) is 0 Å². The molecule has 1 aliphatic rings. The minimum atomic E-state index is -0.478. The van der Waals surface area contributed by atoms with Crippen LogP contribution in [-0.2, 0) is 9.47 Å². The largest absolute Gasteiger partial charge is 0.385 e. The van der Waals surface area contributed by atoms with Crippen LogP contribution in [0.5, 0.6) is 0 Å². The standard InChI is InChI=1S/C11H22N2O2.2C2H6/c1-9-7-13-10(8-12-9)5-6-15-11(2,3)14-4;2*1-2/h7,10,12-13H,5-6,8H2,1-4H3;2*1-2H3. The molecule has 0 aliphatic carbocycles. The van der Waals surface area contributed by atoms with E-state index in [2.05, 4.69) is 10.6 Å². The Morgan fingerprint density at radius 3 is 2.26 bits per heavy atom. The highest BCUT2D eigenvalue weighted by Gasteiger charge is 2.18. The molecule has 1 unspecified atom stereocenters. The third kappa shape index (κ3) is 10.8. The van der Waals surface area contributed by atoms with Crippen molar-refractivity contribution < 1.29 is 9.47 Å². The summed E-state index contributed by atoms with van der Waals surface area (Å²) < 4.78 is 10.8. The van der Waals surface area contributed by atoms with Gasteiger partial charge in [-0.15, -0.1) is 0 Å². The third-order valence-electron chi connectivity index (χ3n) is 2.57. The fourth-order valence-corrected chi connectivity index (χ4v) is 1.33.